The molecule has 4 aliphatic rings. The van der Waals surface area contributed by atoms with E-state index in [1.165, 1.54) is 13.8 Å². The van der Waals surface area contributed by atoms with Crippen LogP contribution in [0.4, 0.5) is 18.0 Å². The number of carboxylic acid groups (broad SMARTS) is 1. The fourth-order valence-corrected chi connectivity index (χ4v) is 10.1. The average molecular weight is 905 g/mol. The smallest absolute Gasteiger partial charge is 0.411 e. The Bertz CT molecular complexity index is 2210. The number of carbonyl (C=O) groups excluding carboxylic acids is 3. The number of amides is 4. The Hall–Kier alpha value is -4.03. The van der Waals surface area contributed by atoms with E-state index in [0.29, 0.717) is 62.8 Å². The van der Waals surface area contributed by atoms with Gasteiger partial charge in [0.05, 0.1) is 28.4 Å². The molecule has 7 atom stereocenters. The predicted octanol–water partition coefficient (Wildman–Crippen LogP) is 6.86. The molecule has 4 amide bonds. The number of allylic oxidation sites excluding steroid dienone is 1. The molecule has 2 saturated carbocycles. The van der Waals surface area contributed by atoms with Gasteiger partial charge >= 0.3 is 12.3 Å². The second kappa shape index (κ2) is 16.3. The lowest BCUT2D eigenvalue weighted by molar-refractivity contribution is -0.222. The van der Waals surface area contributed by atoms with Crippen LogP contribution in [0, 0.1) is 17.8 Å². The third-order valence-corrected chi connectivity index (χ3v) is 15.2. The van der Waals surface area contributed by atoms with E-state index in [1.807, 2.05) is 6.92 Å². The lowest BCUT2D eigenvalue weighted by Gasteiger charge is -2.45. The minimum Gasteiger partial charge on any atom is -0.494 e. The largest absolute Gasteiger partial charge is 0.494 e. The van der Waals surface area contributed by atoms with Crippen LogP contribution in [0.2, 0.25) is 10.2 Å². The molecule has 14 nitrogen and oxygen atoms in total. The first-order valence-electron chi connectivity index (χ1n) is 19.9. The molecule has 1 aromatic carbocycles. The van der Waals surface area contributed by atoms with Crippen LogP contribution in [0.25, 0.3) is 10.9 Å². The van der Waals surface area contributed by atoms with E-state index in [-0.39, 0.29) is 46.0 Å². The van der Waals surface area contributed by atoms with Crippen LogP contribution < -0.4 is 19.5 Å². The number of nitrogens with one attached hydrogen (secondary N) is 2. The standard InChI is InChI=1S/C40H50Cl2F3N5O9S/c1-7-58-24-12-13-27-26(17-24)29(41)31(32(42)46-27)59-25-18-28-33(51)47-39(35(53)48-60(56,57)38(6)14-15-38)19-23(39)11-9-8-10-21(2)16-22(3)30(34(52)49(28)20-25)50(36(54)55)37(4,5)40(43,44)45/h9,11-13,17,21-23,25,28,30H,7-8,10,14-16,18-20H2,1-6H3,(H,47,51)(H,48,53)(H,54,55)/t21-,22-,23-,25-,28+,30+,39-/m1/s1. The molecule has 2 aliphatic carbocycles. The zero-order chi connectivity index (χ0) is 44.3. The summed E-state index contributed by atoms with van der Waals surface area (Å²) in [7, 11) is -4.15. The molecule has 3 N–H and O–H groups in total. The second-order valence-corrected chi connectivity index (χ2v) is 20.2. The number of sulfonamides is 1. The Balaban J connectivity index is 1.43. The number of halogens is 5. The number of carbonyl (C=O) groups is 4. The predicted molar refractivity (Wildman–Crippen MR) is 216 cm³/mol. The highest BCUT2D eigenvalue weighted by atomic mass is 35.5. The molecule has 6 rings (SSSR count). The van der Waals surface area contributed by atoms with Crippen LogP contribution in [0.15, 0.2) is 30.4 Å². The Kier molecular flexibility index (Phi) is 12.4. The zero-order valence-electron chi connectivity index (χ0n) is 34.1. The Morgan fingerprint density at radius 2 is 1.83 bits per heavy atom. The molecule has 0 radical (unpaired) electrons. The van der Waals surface area contributed by atoms with Gasteiger partial charge in [-0.05, 0) is 96.3 Å². The van der Waals surface area contributed by atoms with Gasteiger partial charge in [0, 0.05) is 17.7 Å². The van der Waals surface area contributed by atoms with Gasteiger partial charge in [0.25, 0.3) is 5.91 Å². The highest BCUT2D eigenvalue weighted by molar-refractivity contribution is 7.91. The number of aromatic nitrogens is 1. The minimum absolute atomic E-state index is 0.0186. The normalized spacial score (nSPS) is 28.4. The van der Waals surface area contributed by atoms with E-state index in [1.54, 1.807) is 37.3 Å². The third-order valence-electron chi connectivity index (χ3n) is 12.4. The van der Waals surface area contributed by atoms with Gasteiger partial charge in [-0.2, -0.15) is 13.2 Å². The summed E-state index contributed by atoms with van der Waals surface area (Å²) in [5.74, 6) is -4.49. The minimum atomic E-state index is -5.12. The summed E-state index contributed by atoms with van der Waals surface area (Å²) in [6, 6.07) is 1.44. The van der Waals surface area contributed by atoms with Crippen molar-refractivity contribution in [2.75, 3.05) is 13.2 Å². The first kappa shape index (κ1) is 45.5. The topological polar surface area (TPSA) is 185 Å². The van der Waals surface area contributed by atoms with E-state index >= 15 is 4.79 Å². The quantitative estimate of drug-likeness (QED) is 0.177. The Labute approximate surface area is 356 Å². The van der Waals surface area contributed by atoms with E-state index in [9.17, 15) is 41.1 Å². The number of hydrogen-bond donors (Lipinski definition) is 3. The van der Waals surface area contributed by atoms with Crippen molar-refractivity contribution < 1.29 is 55.3 Å². The maximum Gasteiger partial charge on any atom is 0.411 e. The maximum atomic E-state index is 15.0. The number of fused-ring (bicyclic) bond motifs is 3. The number of ether oxygens (including phenoxy) is 2. The number of hydrogen-bond acceptors (Lipinski definition) is 9. The van der Waals surface area contributed by atoms with Gasteiger partial charge in [0.1, 0.15) is 35.0 Å². The fraction of sp³-hybridized carbons (Fsp3) is 0.625. The fourth-order valence-electron chi connectivity index (χ4n) is 8.27. The van der Waals surface area contributed by atoms with Crippen LogP contribution in [0.3, 0.4) is 0 Å². The van der Waals surface area contributed by atoms with Crippen molar-refractivity contribution in [1.29, 1.82) is 0 Å². The molecule has 0 spiro atoms. The number of benzene rings is 1. The number of pyridine rings is 1. The summed E-state index contributed by atoms with van der Waals surface area (Å²) >= 11 is 13.4. The van der Waals surface area contributed by atoms with Gasteiger partial charge in [0.15, 0.2) is 10.9 Å². The molecule has 0 bridgehead atoms. The van der Waals surface area contributed by atoms with Crippen molar-refractivity contribution in [1.82, 2.24) is 24.8 Å². The molecular weight excluding hydrogens is 854 g/mol. The molecule has 2 aromatic rings. The monoisotopic (exact) mass is 903 g/mol. The lowest BCUT2D eigenvalue weighted by Crippen LogP contribution is -2.66. The van der Waals surface area contributed by atoms with Crippen LogP contribution in [-0.4, -0.2) is 105 Å². The van der Waals surface area contributed by atoms with Crippen molar-refractivity contribution >= 4 is 67.9 Å². The summed E-state index contributed by atoms with van der Waals surface area (Å²) in [5, 5.41) is 13.4. The SMILES string of the molecule is CCOc1ccc2nc(Cl)c(O[C@@H]3C[C@H]4C(=O)N[C@]5(C(=O)NS(=O)(=O)C6(C)CC6)C[C@H]5C=CCC[C@@H](C)C[C@@H](C)[C@H](N(C(=O)O)C(C)(C)C(F)(F)F)C(=O)N4C3)c(Cl)c2c1. The second-order valence-electron chi connectivity index (χ2n) is 17.3. The average Bonchev–Trinajstić information content (AvgIpc) is 4.03. The highest BCUT2D eigenvalue weighted by Crippen LogP contribution is 2.48. The van der Waals surface area contributed by atoms with Crippen molar-refractivity contribution in [2.24, 2.45) is 17.8 Å². The highest BCUT2D eigenvalue weighted by Gasteiger charge is 2.64. The Morgan fingerprint density at radius 1 is 1.15 bits per heavy atom. The summed E-state index contributed by atoms with van der Waals surface area (Å²) in [5.41, 5.74) is -4.42. The first-order chi connectivity index (χ1) is 27.9. The molecule has 60 heavy (non-hydrogen) atoms. The molecule has 1 aromatic heterocycles. The van der Waals surface area contributed by atoms with Crippen molar-refractivity contribution in [3.8, 4) is 11.5 Å². The molecule has 0 unspecified atom stereocenters. The summed E-state index contributed by atoms with van der Waals surface area (Å²) in [6.45, 7) is 7.88. The summed E-state index contributed by atoms with van der Waals surface area (Å²) in [4.78, 5) is 62.0. The molecular formula is C40H50Cl2F3N5O9S. The Morgan fingerprint density at radius 3 is 2.45 bits per heavy atom. The third kappa shape index (κ3) is 8.56. The van der Waals surface area contributed by atoms with E-state index in [2.05, 4.69) is 15.0 Å². The number of nitrogens with zero attached hydrogens (tertiary/aromatic N) is 3. The van der Waals surface area contributed by atoms with E-state index in [4.69, 9.17) is 32.7 Å². The maximum absolute atomic E-state index is 15.0. The molecule has 330 valence electrons. The van der Waals surface area contributed by atoms with Crippen LogP contribution in [-0.2, 0) is 24.4 Å². The summed E-state index contributed by atoms with van der Waals surface area (Å²) in [6.07, 6.45) is -3.29. The van der Waals surface area contributed by atoms with E-state index < -0.39 is 92.4 Å². The van der Waals surface area contributed by atoms with Gasteiger partial charge in [-0.25, -0.2) is 18.2 Å². The first-order valence-corrected chi connectivity index (χ1v) is 22.1. The van der Waals surface area contributed by atoms with Gasteiger partial charge < -0.3 is 24.8 Å². The van der Waals surface area contributed by atoms with E-state index in [0.717, 1.165) is 4.90 Å². The van der Waals surface area contributed by atoms with Gasteiger partial charge in [-0.15, -0.1) is 0 Å². The summed E-state index contributed by atoms with van der Waals surface area (Å²) < 4.78 is 83.5. The van der Waals surface area contributed by atoms with Crippen molar-refractivity contribution in [3.63, 3.8) is 0 Å². The molecule has 20 heteroatoms. The zero-order valence-corrected chi connectivity index (χ0v) is 36.4. The molecule has 3 heterocycles. The molecule has 3 fully saturated rings. The molecule has 2 aliphatic heterocycles. The van der Waals surface area contributed by atoms with Gasteiger partial charge in [-0.3, -0.25) is 24.0 Å². The van der Waals surface area contributed by atoms with Crippen LogP contribution in [0.5, 0.6) is 11.5 Å². The van der Waals surface area contributed by atoms with Crippen molar-refractivity contribution in [3.05, 3.63) is 40.5 Å². The molecule has 1 saturated heterocycles. The lowest BCUT2D eigenvalue weighted by atomic mass is 9.85. The van der Waals surface area contributed by atoms with Gasteiger partial charge in [-0.1, -0.05) is 49.2 Å². The number of alkyl halides is 3. The van der Waals surface area contributed by atoms with Crippen LogP contribution in [0.1, 0.15) is 86.5 Å². The van der Waals surface area contributed by atoms with Gasteiger partial charge in [0.2, 0.25) is 21.8 Å². The van der Waals surface area contributed by atoms with Crippen molar-refractivity contribution in [2.45, 2.75) is 127 Å². The number of rotatable bonds is 9. The van der Waals surface area contributed by atoms with Crippen LogP contribution >= 0.6 is 23.2 Å².